The van der Waals surface area contributed by atoms with Crippen LogP contribution in [0.2, 0.25) is 5.28 Å². The summed E-state index contributed by atoms with van der Waals surface area (Å²) in [6.45, 7) is 1.80. The fourth-order valence-corrected chi connectivity index (χ4v) is 4.55. The van der Waals surface area contributed by atoms with Crippen LogP contribution in [0.3, 0.4) is 0 Å². The molecule has 0 unspecified atom stereocenters. The molecule has 2 aromatic heterocycles. The Labute approximate surface area is 179 Å². The van der Waals surface area contributed by atoms with E-state index in [1.54, 1.807) is 19.1 Å². The van der Waals surface area contributed by atoms with E-state index in [9.17, 15) is 26.0 Å². The largest absolute Gasteiger partial charge is 0.419 e. The summed E-state index contributed by atoms with van der Waals surface area (Å²) in [6, 6.07) is 9.83. The third kappa shape index (κ3) is 3.77. The molecule has 2 heterocycles. The molecule has 5 nitrogen and oxygen atoms in total. The van der Waals surface area contributed by atoms with Crippen molar-refractivity contribution in [2.24, 2.45) is 0 Å². The number of alkyl halides is 3. The van der Waals surface area contributed by atoms with Crippen molar-refractivity contribution in [3.05, 3.63) is 77.0 Å². The minimum absolute atomic E-state index is 0.00646. The SMILES string of the molecule is Cc1ccc(S(=O)(=O)n2ccc3c(-c4ccc(F)c(C(F)(F)F)c4)nc(Cl)nc32)cc1. The second-order valence-corrected chi connectivity index (χ2v) is 8.85. The van der Waals surface area contributed by atoms with E-state index in [1.165, 1.54) is 24.4 Å². The maximum Gasteiger partial charge on any atom is 0.419 e. The molecule has 0 saturated carbocycles. The van der Waals surface area contributed by atoms with Crippen molar-refractivity contribution in [2.45, 2.75) is 18.0 Å². The van der Waals surface area contributed by atoms with Crippen LogP contribution in [0.4, 0.5) is 17.6 Å². The van der Waals surface area contributed by atoms with Gasteiger partial charge < -0.3 is 0 Å². The first-order chi connectivity index (χ1) is 14.5. The van der Waals surface area contributed by atoms with E-state index < -0.39 is 27.6 Å². The maximum atomic E-state index is 13.7. The van der Waals surface area contributed by atoms with Crippen molar-refractivity contribution in [3.63, 3.8) is 0 Å². The maximum absolute atomic E-state index is 13.7. The van der Waals surface area contributed by atoms with Gasteiger partial charge in [-0.3, -0.25) is 0 Å². The Hall–Kier alpha value is -2.98. The molecule has 0 radical (unpaired) electrons. The molecule has 11 heteroatoms. The Kier molecular flexibility index (Phi) is 5.01. The molecule has 0 spiro atoms. The van der Waals surface area contributed by atoms with Gasteiger partial charge in [-0.25, -0.2) is 21.8 Å². The van der Waals surface area contributed by atoms with Gasteiger partial charge >= 0.3 is 6.18 Å². The van der Waals surface area contributed by atoms with Gasteiger partial charge in [0.15, 0.2) is 5.65 Å². The summed E-state index contributed by atoms with van der Waals surface area (Å²) in [5, 5.41) is -0.237. The van der Waals surface area contributed by atoms with Crippen molar-refractivity contribution >= 4 is 32.7 Å². The highest BCUT2D eigenvalue weighted by Crippen LogP contribution is 2.36. The Morgan fingerprint density at radius 1 is 1.00 bits per heavy atom. The molecule has 0 atom stereocenters. The average Bonchev–Trinajstić information content (AvgIpc) is 3.11. The first-order valence-corrected chi connectivity index (χ1v) is 10.5. The normalized spacial score (nSPS) is 12.5. The summed E-state index contributed by atoms with van der Waals surface area (Å²) in [4.78, 5) is 7.92. The molecule has 0 N–H and O–H groups in total. The molecule has 0 fully saturated rings. The van der Waals surface area contributed by atoms with E-state index in [1.807, 2.05) is 0 Å². The molecule has 0 saturated heterocycles. The van der Waals surface area contributed by atoms with E-state index >= 15 is 0 Å². The third-order valence-electron chi connectivity index (χ3n) is 4.61. The molecule has 0 aliphatic rings. The van der Waals surface area contributed by atoms with Gasteiger partial charge in [-0.05, 0) is 54.9 Å². The number of fused-ring (bicyclic) bond motifs is 1. The van der Waals surface area contributed by atoms with Gasteiger partial charge in [0.1, 0.15) is 5.82 Å². The highest BCUT2D eigenvalue weighted by molar-refractivity contribution is 7.90. The first-order valence-electron chi connectivity index (χ1n) is 8.72. The number of hydrogen-bond donors (Lipinski definition) is 0. The minimum atomic E-state index is -4.92. The smallest absolute Gasteiger partial charge is 0.224 e. The molecular formula is C20H12ClF4N3O2S. The zero-order valence-corrected chi connectivity index (χ0v) is 17.2. The summed E-state index contributed by atoms with van der Waals surface area (Å²) in [5.41, 5.74) is -0.874. The van der Waals surface area contributed by atoms with Crippen LogP contribution in [-0.4, -0.2) is 22.4 Å². The van der Waals surface area contributed by atoms with Crippen LogP contribution in [0.5, 0.6) is 0 Å². The summed E-state index contributed by atoms with van der Waals surface area (Å²) in [7, 11) is -4.07. The van der Waals surface area contributed by atoms with Crippen LogP contribution in [0.1, 0.15) is 11.1 Å². The zero-order chi connectivity index (χ0) is 22.6. The van der Waals surface area contributed by atoms with E-state index in [0.29, 0.717) is 12.1 Å². The van der Waals surface area contributed by atoms with Crippen LogP contribution < -0.4 is 0 Å². The van der Waals surface area contributed by atoms with Gasteiger partial charge in [0.2, 0.25) is 5.28 Å². The molecule has 2 aromatic carbocycles. The standard InChI is InChI=1S/C20H12ClF4N3O2S/c1-11-2-5-13(6-3-11)31(29,30)28-9-8-14-17(26-19(21)27-18(14)28)12-4-7-16(22)15(10-12)20(23,24)25/h2-10H,1H3. The number of rotatable bonds is 3. The second-order valence-electron chi connectivity index (χ2n) is 6.70. The van der Waals surface area contributed by atoms with Gasteiger partial charge in [-0.15, -0.1) is 0 Å². The predicted octanol–water partition coefficient (Wildman–Crippen LogP) is 5.46. The molecule has 0 aliphatic heterocycles. The lowest BCUT2D eigenvalue weighted by Crippen LogP contribution is -2.12. The van der Waals surface area contributed by atoms with Crippen molar-refractivity contribution in [1.82, 2.24) is 13.9 Å². The number of benzene rings is 2. The lowest BCUT2D eigenvalue weighted by Gasteiger charge is -2.11. The molecule has 160 valence electrons. The predicted molar refractivity (Wildman–Crippen MR) is 107 cm³/mol. The van der Waals surface area contributed by atoms with Crippen LogP contribution in [0, 0.1) is 12.7 Å². The topological polar surface area (TPSA) is 64.8 Å². The molecule has 4 rings (SSSR count). The zero-order valence-electron chi connectivity index (χ0n) is 15.7. The van der Waals surface area contributed by atoms with E-state index in [4.69, 9.17) is 11.6 Å². The third-order valence-corrected chi connectivity index (χ3v) is 6.46. The average molecular weight is 470 g/mol. The van der Waals surface area contributed by atoms with Gasteiger partial charge in [-0.1, -0.05) is 17.7 Å². The molecule has 0 amide bonds. The quantitative estimate of drug-likeness (QED) is 0.295. The summed E-state index contributed by atoms with van der Waals surface area (Å²) < 4.78 is 80.1. The van der Waals surface area contributed by atoms with E-state index in [-0.39, 0.29) is 32.5 Å². The van der Waals surface area contributed by atoms with Crippen molar-refractivity contribution < 1.29 is 26.0 Å². The van der Waals surface area contributed by atoms with Gasteiger partial charge in [0.05, 0.1) is 16.2 Å². The highest BCUT2D eigenvalue weighted by atomic mass is 35.5. The Balaban J connectivity index is 1.94. The number of nitrogens with zero attached hydrogens (tertiary/aromatic N) is 3. The molecule has 0 aliphatic carbocycles. The van der Waals surface area contributed by atoms with Crippen molar-refractivity contribution in [3.8, 4) is 11.3 Å². The minimum Gasteiger partial charge on any atom is -0.224 e. The molecular weight excluding hydrogens is 458 g/mol. The van der Waals surface area contributed by atoms with Crippen LogP contribution in [-0.2, 0) is 16.2 Å². The number of hydrogen-bond acceptors (Lipinski definition) is 4. The van der Waals surface area contributed by atoms with Gasteiger partial charge in [0.25, 0.3) is 10.0 Å². The van der Waals surface area contributed by atoms with Crippen LogP contribution >= 0.6 is 11.6 Å². The number of aromatic nitrogens is 3. The van der Waals surface area contributed by atoms with Gasteiger partial charge in [0, 0.05) is 17.1 Å². The van der Waals surface area contributed by atoms with Crippen LogP contribution in [0.25, 0.3) is 22.3 Å². The summed E-state index contributed by atoms with van der Waals surface area (Å²) >= 11 is 5.95. The van der Waals surface area contributed by atoms with Gasteiger partial charge in [-0.2, -0.15) is 18.2 Å². The highest BCUT2D eigenvalue weighted by Gasteiger charge is 2.34. The molecule has 4 aromatic rings. The monoisotopic (exact) mass is 469 g/mol. The Morgan fingerprint density at radius 2 is 1.68 bits per heavy atom. The summed E-state index contributed by atoms with van der Waals surface area (Å²) in [5.74, 6) is -1.44. The van der Waals surface area contributed by atoms with E-state index in [2.05, 4.69) is 9.97 Å². The lowest BCUT2D eigenvalue weighted by atomic mass is 10.1. The summed E-state index contributed by atoms with van der Waals surface area (Å²) in [6.07, 6.45) is -3.71. The number of aryl methyl sites for hydroxylation is 1. The van der Waals surface area contributed by atoms with Crippen molar-refractivity contribution in [2.75, 3.05) is 0 Å². The lowest BCUT2D eigenvalue weighted by molar-refractivity contribution is -0.139. The Bertz CT molecular complexity index is 1420. The number of halogens is 5. The van der Waals surface area contributed by atoms with Crippen LogP contribution in [0.15, 0.2) is 59.6 Å². The fourth-order valence-electron chi connectivity index (χ4n) is 3.09. The Morgan fingerprint density at radius 3 is 2.32 bits per heavy atom. The molecule has 0 bridgehead atoms. The fraction of sp³-hybridized carbons (Fsp3) is 0.100. The first kappa shape index (κ1) is 21.3. The van der Waals surface area contributed by atoms with E-state index in [0.717, 1.165) is 15.6 Å². The second kappa shape index (κ2) is 7.31. The molecule has 31 heavy (non-hydrogen) atoms. The van der Waals surface area contributed by atoms with Crippen molar-refractivity contribution in [1.29, 1.82) is 0 Å².